The Kier molecular flexibility index (Phi) is 4.05. The van der Waals surface area contributed by atoms with Crippen LogP contribution in [0.5, 0.6) is 0 Å². The van der Waals surface area contributed by atoms with Gasteiger partial charge >= 0.3 is 0 Å². The van der Waals surface area contributed by atoms with Gasteiger partial charge in [-0.3, -0.25) is 5.10 Å². The Hall–Kier alpha value is -1.61. The fourth-order valence-corrected chi connectivity index (χ4v) is 2.81. The van der Waals surface area contributed by atoms with Crippen LogP contribution in [0.15, 0.2) is 31.8 Å². The molecule has 1 aromatic heterocycles. The first-order valence-corrected chi connectivity index (χ1v) is 6.66. The standard InChI is InChI=1S/C10H9BrFN5OS/c1-4-14-10(16-15-4)19-6-3-2-5(9(13)17-18)7(11)8(6)12/h2-3,18H,1H3,(H2,13,17)(H,14,15,16). The number of H-pyrrole nitrogens is 1. The zero-order valence-electron chi connectivity index (χ0n) is 9.69. The molecule has 4 N–H and O–H groups in total. The van der Waals surface area contributed by atoms with Gasteiger partial charge in [0.15, 0.2) is 11.7 Å². The minimum atomic E-state index is -0.517. The van der Waals surface area contributed by atoms with Crippen LogP contribution in [0.4, 0.5) is 4.39 Å². The van der Waals surface area contributed by atoms with E-state index >= 15 is 0 Å². The van der Waals surface area contributed by atoms with Crippen LogP contribution in [-0.2, 0) is 0 Å². The molecular weight excluding hydrogens is 337 g/mol. The third kappa shape index (κ3) is 2.87. The van der Waals surface area contributed by atoms with Gasteiger partial charge < -0.3 is 10.9 Å². The summed E-state index contributed by atoms with van der Waals surface area (Å²) in [5.74, 6) is -0.0390. The Balaban J connectivity index is 2.36. The molecule has 0 bridgehead atoms. The summed E-state index contributed by atoms with van der Waals surface area (Å²) in [6.07, 6.45) is 0. The lowest BCUT2D eigenvalue weighted by Crippen LogP contribution is -2.14. The molecule has 1 aromatic carbocycles. The van der Waals surface area contributed by atoms with Gasteiger partial charge in [0.2, 0.25) is 5.16 Å². The predicted octanol–water partition coefficient (Wildman–Crippen LogP) is 2.26. The average molecular weight is 346 g/mol. The van der Waals surface area contributed by atoms with E-state index < -0.39 is 5.82 Å². The third-order valence-electron chi connectivity index (χ3n) is 2.21. The summed E-state index contributed by atoms with van der Waals surface area (Å²) in [6.45, 7) is 1.75. The monoisotopic (exact) mass is 345 g/mol. The minimum absolute atomic E-state index is 0.125. The van der Waals surface area contributed by atoms with Crippen LogP contribution in [-0.4, -0.2) is 26.2 Å². The van der Waals surface area contributed by atoms with Crippen molar-refractivity contribution in [2.24, 2.45) is 10.9 Å². The normalized spacial score (nSPS) is 11.8. The molecule has 1 heterocycles. The molecule has 0 atom stereocenters. The van der Waals surface area contributed by atoms with Gasteiger partial charge in [0.05, 0.1) is 9.37 Å². The Bertz CT molecular complexity index is 645. The zero-order chi connectivity index (χ0) is 14.0. The van der Waals surface area contributed by atoms with Gasteiger partial charge in [0, 0.05) is 5.56 Å². The van der Waals surface area contributed by atoms with Crippen LogP contribution in [0.1, 0.15) is 11.4 Å². The molecule has 0 fully saturated rings. The lowest BCUT2D eigenvalue weighted by Gasteiger charge is -2.06. The quantitative estimate of drug-likeness (QED) is 0.343. The van der Waals surface area contributed by atoms with Gasteiger partial charge in [-0.15, -0.1) is 5.10 Å². The SMILES string of the molecule is Cc1nc(Sc2ccc(/C(N)=N/O)c(Br)c2F)n[nH]1. The van der Waals surface area contributed by atoms with Crippen molar-refractivity contribution in [3.05, 3.63) is 33.8 Å². The van der Waals surface area contributed by atoms with Crippen LogP contribution < -0.4 is 5.73 Å². The number of halogens is 2. The summed E-state index contributed by atoms with van der Waals surface area (Å²) < 4.78 is 14.3. The fourth-order valence-electron chi connectivity index (χ4n) is 1.33. The maximum Gasteiger partial charge on any atom is 0.213 e. The molecule has 0 unspecified atom stereocenters. The van der Waals surface area contributed by atoms with Crippen molar-refractivity contribution < 1.29 is 9.60 Å². The highest BCUT2D eigenvalue weighted by atomic mass is 79.9. The van der Waals surface area contributed by atoms with Crippen LogP contribution in [0.2, 0.25) is 0 Å². The molecule has 9 heteroatoms. The van der Waals surface area contributed by atoms with Gasteiger partial charge in [-0.2, -0.15) is 0 Å². The van der Waals surface area contributed by atoms with Gasteiger partial charge in [-0.25, -0.2) is 9.37 Å². The second-order valence-electron chi connectivity index (χ2n) is 3.53. The van der Waals surface area contributed by atoms with E-state index in [-0.39, 0.29) is 15.9 Å². The summed E-state index contributed by atoms with van der Waals surface area (Å²) in [4.78, 5) is 4.41. The van der Waals surface area contributed by atoms with Crippen molar-refractivity contribution in [1.82, 2.24) is 15.2 Å². The number of benzene rings is 1. The first kappa shape index (κ1) is 13.8. The largest absolute Gasteiger partial charge is 0.409 e. The topological polar surface area (TPSA) is 100 Å². The third-order valence-corrected chi connectivity index (χ3v) is 3.88. The van der Waals surface area contributed by atoms with Crippen molar-refractivity contribution in [3.8, 4) is 0 Å². The smallest absolute Gasteiger partial charge is 0.213 e. The first-order chi connectivity index (χ1) is 9.02. The molecule has 0 saturated carbocycles. The molecule has 2 rings (SSSR count). The van der Waals surface area contributed by atoms with E-state index in [1.54, 1.807) is 13.0 Å². The van der Waals surface area contributed by atoms with Crippen LogP contribution in [0, 0.1) is 12.7 Å². The lowest BCUT2D eigenvalue weighted by atomic mass is 10.2. The van der Waals surface area contributed by atoms with Crippen LogP contribution in [0.3, 0.4) is 0 Å². The summed E-state index contributed by atoms with van der Waals surface area (Å²) in [6, 6.07) is 3.06. The molecule has 0 radical (unpaired) electrons. The maximum atomic E-state index is 14.1. The Morgan fingerprint density at radius 2 is 2.32 bits per heavy atom. The number of nitrogens with two attached hydrogens (primary N) is 1. The molecule has 0 aliphatic carbocycles. The Morgan fingerprint density at radius 1 is 1.58 bits per heavy atom. The van der Waals surface area contributed by atoms with Crippen molar-refractivity contribution in [1.29, 1.82) is 0 Å². The predicted molar refractivity (Wildman–Crippen MR) is 71.9 cm³/mol. The maximum absolute atomic E-state index is 14.1. The number of nitrogens with zero attached hydrogens (tertiary/aromatic N) is 3. The van der Waals surface area contributed by atoms with Crippen molar-refractivity contribution in [2.45, 2.75) is 17.0 Å². The molecule has 0 saturated heterocycles. The molecule has 0 aliphatic heterocycles. The highest BCUT2D eigenvalue weighted by Gasteiger charge is 2.16. The lowest BCUT2D eigenvalue weighted by molar-refractivity contribution is 0.318. The summed E-state index contributed by atoms with van der Waals surface area (Å²) in [5.41, 5.74) is 5.71. The second kappa shape index (κ2) is 5.57. The molecule has 100 valence electrons. The fraction of sp³-hybridized carbons (Fsp3) is 0.100. The zero-order valence-corrected chi connectivity index (χ0v) is 12.1. The number of oxime groups is 1. The van der Waals surface area contributed by atoms with E-state index in [1.807, 2.05) is 0 Å². The number of aryl methyl sites for hydroxylation is 1. The van der Waals surface area contributed by atoms with Crippen molar-refractivity contribution in [2.75, 3.05) is 0 Å². The number of aromatic nitrogens is 3. The molecule has 0 spiro atoms. The van der Waals surface area contributed by atoms with E-state index in [1.165, 1.54) is 6.07 Å². The molecule has 6 nitrogen and oxygen atoms in total. The molecule has 19 heavy (non-hydrogen) atoms. The number of hydrogen-bond donors (Lipinski definition) is 3. The average Bonchev–Trinajstić information content (AvgIpc) is 2.80. The number of aromatic amines is 1. The van der Waals surface area contributed by atoms with Gasteiger partial charge in [0.1, 0.15) is 5.82 Å². The number of hydrogen-bond acceptors (Lipinski definition) is 5. The van der Waals surface area contributed by atoms with E-state index in [0.29, 0.717) is 15.9 Å². The van der Waals surface area contributed by atoms with Crippen LogP contribution >= 0.6 is 27.7 Å². The van der Waals surface area contributed by atoms with Crippen LogP contribution in [0.25, 0.3) is 0 Å². The van der Waals surface area contributed by atoms with Crippen molar-refractivity contribution >= 4 is 33.5 Å². The number of rotatable bonds is 3. The van der Waals surface area contributed by atoms with Gasteiger partial charge in [0.25, 0.3) is 0 Å². The summed E-state index contributed by atoms with van der Waals surface area (Å²) in [7, 11) is 0. The van der Waals surface area contributed by atoms with E-state index in [9.17, 15) is 4.39 Å². The Labute approximate surface area is 120 Å². The van der Waals surface area contributed by atoms with E-state index in [4.69, 9.17) is 10.9 Å². The van der Waals surface area contributed by atoms with E-state index in [0.717, 1.165) is 11.8 Å². The Morgan fingerprint density at radius 3 is 2.89 bits per heavy atom. The van der Waals surface area contributed by atoms with E-state index in [2.05, 4.69) is 36.3 Å². The first-order valence-electron chi connectivity index (χ1n) is 5.05. The second-order valence-corrected chi connectivity index (χ2v) is 5.33. The molecule has 0 aliphatic rings. The highest BCUT2D eigenvalue weighted by Crippen LogP contribution is 2.32. The number of nitrogens with one attached hydrogen (secondary N) is 1. The molecule has 2 aromatic rings. The molecule has 0 amide bonds. The van der Waals surface area contributed by atoms with Gasteiger partial charge in [-0.1, -0.05) is 5.16 Å². The van der Waals surface area contributed by atoms with Crippen molar-refractivity contribution in [3.63, 3.8) is 0 Å². The summed E-state index contributed by atoms with van der Waals surface area (Å²) >= 11 is 4.16. The highest BCUT2D eigenvalue weighted by molar-refractivity contribution is 9.10. The minimum Gasteiger partial charge on any atom is -0.409 e. The number of amidine groups is 1. The molecular formula is C10H9BrFN5OS. The van der Waals surface area contributed by atoms with Gasteiger partial charge in [-0.05, 0) is 46.7 Å². The summed E-state index contributed by atoms with van der Waals surface area (Å²) in [5, 5.41) is 18.4.